The topological polar surface area (TPSA) is 48.1 Å². The van der Waals surface area contributed by atoms with E-state index in [1.54, 1.807) is 11.3 Å². The molecule has 0 atom stereocenters. The van der Waals surface area contributed by atoms with Crippen molar-refractivity contribution in [3.8, 4) is 0 Å². The van der Waals surface area contributed by atoms with Crippen LogP contribution in [-0.4, -0.2) is 11.6 Å². The van der Waals surface area contributed by atoms with Crippen molar-refractivity contribution in [2.45, 2.75) is 51.2 Å². The summed E-state index contributed by atoms with van der Waals surface area (Å²) in [5.74, 6) is 0. The average Bonchev–Trinajstić information content (AvgIpc) is 2.80. The SMILES string of the molecule is CCOC1(c2ncc(CN)s2)CCCCC1. The van der Waals surface area contributed by atoms with Crippen LogP contribution < -0.4 is 5.73 Å². The minimum Gasteiger partial charge on any atom is -0.368 e. The Bertz CT molecular complexity index is 326. The van der Waals surface area contributed by atoms with Crippen molar-refractivity contribution in [3.05, 3.63) is 16.1 Å². The summed E-state index contributed by atoms with van der Waals surface area (Å²) in [7, 11) is 0. The van der Waals surface area contributed by atoms with E-state index in [2.05, 4.69) is 11.9 Å². The Balaban J connectivity index is 2.23. The summed E-state index contributed by atoms with van der Waals surface area (Å²) >= 11 is 1.72. The summed E-state index contributed by atoms with van der Waals surface area (Å²) in [6.45, 7) is 3.41. The highest BCUT2D eigenvalue weighted by atomic mass is 32.1. The minimum absolute atomic E-state index is 0.106. The summed E-state index contributed by atoms with van der Waals surface area (Å²) in [4.78, 5) is 5.67. The van der Waals surface area contributed by atoms with E-state index in [-0.39, 0.29) is 5.60 Å². The lowest BCUT2D eigenvalue weighted by molar-refractivity contribution is -0.0704. The van der Waals surface area contributed by atoms with Crippen molar-refractivity contribution in [2.75, 3.05) is 6.61 Å². The fourth-order valence-electron chi connectivity index (χ4n) is 2.43. The van der Waals surface area contributed by atoms with E-state index in [0.717, 1.165) is 29.3 Å². The van der Waals surface area contributed by atoms with E-state index in [0.29, 0.717) is 6.54 Å². The van der Waals surface area contributed by atoms with Gasteiger partial charge in [0.25, 0.3) is 0 Å². The predicted octanol–water partition coefficient (Wildman–Crippen LogP) is 2.80. The highest BCUT2D eigenvalue weighted by Gasteiger charge is 2.37. The van der Waals surface area contributed by atoms with Gasteiger partial charge in [-0.3, -0.25) is 0 Å². The number of hydrogen-bond donors (Lipinski definition) is 1. The molecule has 90 valence electrons. The summed E-state index contributed by atoms with van der Waals surface area (Å²) in [5, 5.41) is 1.13. The first-order valence-electron chi connectivity index (χ1n) is 6.10. The maximum atomic E-state index is 6.02. The van der Waals surface area contributed by atoms with Gasteiger partial charge in [0.1, 0.15) is 10.6 Å². The van der Waals surface area contributed by atoms with E-state index in [4.69, 9.17) is 10.5 Å². The molecule has 2 N–H and O–H groups in total. The third-order valence-electron chi connectivity index (χ3n) is 3.23. The van der Waals surface area contributed by atoms with Gasteiger partial charge in [0.05, 0.1) is 0 Å². The van der Waals surface area contributed by atoms with Crippen LogP contribution in [0.1, 0.15) is 48.9 Å². The summed E-state index contributed by atoms with van der Waals surface area (Å²) < 4.78 is 6.02. The van der Waals surface area contributed by atoms with Crippen molar-refractivity contribution in [3.63, 3.8) is 0 Å². The third-order valence-corrected chi connectivity index (χ3v) is 4.43. The lowest BCUT2D eigenvalue weighted by Crippen LogP contribution is -2.32. The van der Waals surface area contributed by atoms with Crippen LogP contribution in [0, 0.1) is 0 Å². The Morgan fingerprint density at radius 1 is 1.44 bits per heavy atom. The van der Waals surface area contributed by atoms with Gasteiger partial charge in [-0.1, -0.05) is 19.3 Å². The standard InChI is InChI=1S/C12H20N2OS/c1-2-15-12(6-4-3-5-7-12)11-14-9-10(8-13)16-11/h9H,2-8,13H2,1H3. The predicted molar refractivity (Wildman–Crippen MR) is 66.4 cm³/mol. The Labute approximate surface area is 101 Å². The first kappa shape index (κ1) is 12.0. The molecule has 0 bridgehead atoms. The molecule has 1 aliphatic rings. The van der Waals surface area contributed by atoms with E-state index in [9.17, 15) is 0 Å². The smallest absolute Gasteiger partial charge is 0.125 e. The highest BCUT2D eigenvalue weighted by Crippen LogP contribution is 2.41. The van der Waals surface area contributed by atoms with Crippen LogP contribution in [0.15, 0.2) is 6.20 Å². The van der Waals surface area contributed by atoms with E-state index < -0.39 is 0 Å². The first-order valence-corrected chi connectivity index (χ1v) is 6.91. The number of thiazole rings is 1. The van der Waals surface area contributed by atoms with Gasteiger partial charge < -0.3 is 10.5 Å². The molecule has 0 saturated heterocycles. The van der Waals surface area contributed by atoms with Crippen LogP contribution >= 0.6 is 11.3 Å². The molecule has 0 aromatic carbocycles. The number of rotatable bonds is 4. The highest BCUT2D eigenvalue weighted by molar-refractivity contribution is 7.11. The van der Waals surface area contributed by atoms with Crippen LogP contribution in [0.5, 0.6) is 0 Å². The van der Waals surface area contributed by atoms with Gasteiger partial charge in [-0.2, -0.15) is 0 Å². The van der Waals surface area contributed by atoms with E-state index >= 15 is 0 Å². The summed E-state index contributed by atoms with van der Waals surface area (Å²) in [5.41, 5.74) is 5.53. The molecule has 1 heterocycles. The quantitative estimate of drug-likeness (QED) is 0.880. The molecule has 2 rings (SSSR count). The van der Waals surface area contributed by atoms with Crippen molar-refractivity contribution < 1.29 is 4.74 Å². The fourth-order valence-corrected chi connectivity index (χ4v) is 3.42. The number of nitrogens with two attached hydrogens (primary N) is 1. The molecule has 0 spiro atoms. The zero-order valence-corrected chi connectivity index (χ0v) is 10.7. The van der Waals surface area contributed by atoms with Gasteiger partial charge in [0.2, 0.25) is 0 Å². The zero-order valence-electron chi connectivity index (χ0n) is 9.87. The monoisotopic (exact) mass is 240 g/mol. The summed E-state index contributed by atoms with van der Waals surface area (Å²) in [6.07, 6.45) is 7.94. The maximum absolute atomic E-state index is 6.02. The van der Waals surface area contributed by atoms with Crippen LogP contribution in [0.3, 0.4) is 0 Å². The molecule has 1 saturated carbocycles. The minimum atomic E-state index is -0.106. The van der Waals surface area contributed by atoms with Crippen LogP contribution in [0.2, 0.25) is 0 Å². The molecule has 16 heavy (non-hydrogen) atoms. The second-order valence-corrected chi connectivity index (χ2v) is 5.44. The zero-order chi connectivity index (χ0) is 11.4. The molecule has 0 aliphatic heterocycles. The van der Waals surface area contributed by atoms with Crippen LogP contribution in [0.4, 0.5) is 0 Å². The molecule has 1 fully saturated rings. The largest absolute Gasteiger partial charge is 0.368 e. The number of ether oxygens (including phenoxy) is 1. The van der Waals surface area contributed by atoms with Gasteiger partial charge in [-0.05, 0) is 19.8 Å². The average molecular weight is 240 g/mol. The van der Waals surface area contributed by atoms with Crippen molar-refractivity contribution >= 4 is 11.3 Å². The molecule has 1 aliphatic carbocycles. The molecule has 0 amide bonds. The Kier molecular flexibility index (Phi) is 3.95. The second-order valence-electron chi connectivity index (χ2n) is 4.32. The summed E-state index contributed by atoms with van der Waals surface area (Å²) in [6, 6.07) is 0. The molecule has 0 radical (unpaired) electrons. The number of hydrogen-bond acceptors (Lipinski definition) is 4. The Hall–Kier alpha value is -0.450. The van der Waals surface area contributed by atoms with Gasteiger partial charge >= 0.3 is 0 Å². The van der Waals surface area contributed by atoms with Crippen molar-refractivity contribution in [1.29, 1.82) is 0 Å². The second kappa shape index (κ2) is 5.25. The Morgan fingerprint density at radius 2 is 2.19 bits per heavy atom. The number of aromatic nitrogens is 1. The van der Waals surface area contributed by atoms with Gasteiger partial charge in [-0.25, -0.2) is 4.98 Å². The molecule has 4 heteroatoms. The lowest BCUT2D eigenvalue weighted by atomic mass is 9.85. The fraction of sp³-hybridized carbons (Fsp3) is 0.750. The maximum Gasteiger partial charge on any atom is 0.125 e. The Morgan fingerprint density at radius 3 is 2.75 bits per heavy atom. The molecular weight excluding hydrogens is 220 g/mol. The van der Waals surface area contributed by atoms with Crippen LogP contribution in [-0.2, 0) is 16.9 Å². The van der Waals surface area contributed by atoms with E-state index in [1.165, 1.54) is 19.3 Å². The molecule has 1 aromatic rings. The number of nitrogens with zero attached hydrogens (tertiary/aromatic N) is 1. The van der Waals surface area contributed by atoms with Gasteiger partial charge in [0.15, 0.2) is 0 Å². The first-order chi connectivity index (χ1) is 7.80. The van der Waals surface area contributed by atoms with E-state index in [1.807, 2.05) is 6.20 Å². The van der Waals surface area contributed by atoms with Gasteiger partial charge in [0, 0.05) is 24.2 Å². The molecule has 1 aromatic heterocycles. The molecule has 3 nitrogen and oxygen atoms in total. The molecule has 0 unspecified atom stereocenters. The molecular formula is C12H20N2OS. The van der Waals surface area contributed by atoms with Crippen molar-refractivity contribution in [2.24, 2.45) is 5.73 Å². The van der Waals surface area contributed by atoms with Crippen LogP contribution in [0.25, 0.3) is 0 Å². The normalized spacial score (nSPS) is 19.9. The lowest BCUT2D eigenvalue weighted by Gasteiger charge is -2.35. The van der Waals surface area contributed by atoms with Gasteiger partial charge in [-0.15, -0.1) is 11.3 Å². The van der Waals surface area contributed by atoms with Crippen molar-refractivity contribution in [1.82, 2.24) is 4.98 Å². The third kappa shape index (κ3) is 2.29.